The van der Waals surface area contributed by atoms with Crippen LogP contribution in [0.1, 0.15) is 6.42 Å². The third-order valence-corrected chi connectivity index (χ3v) is 4.44. The Morgan fingerprint density at radius 1 is 1.43 bits per heavy atom. The second kappa shape index (κ2) is 5.44. The van der Waals surface area contributed by atoms with E-state index < -0.39 is 33.4 Å². The molecule has 1 fully saturated rings. The third-order valence-electron chi connectivity index (χ3n) is 3.33. The van der Waals surface area contributed by atoms with Crippen molar-refractivity contribution in [2.24, 2.45) is 5.92 Å². The van der Waals surface area contributed by atoms with Crippen LogP contribution >= 0.6 is 0 Å². The average molecular weight is 315 g/mol. The number of ether oxygens (including phenoxy) is 1. The number of anilines is 1. The number of methoxy groups -OCH3 is 1. The van der Waals surface area contributed by atoms with Gasteiger partial charge in [0.2, 0.25) is 5.91 Å². The van der Waals surface area contributed by atoms with E-state index in [4.69, 9.17) is 0 Å². The number of esters is 1. The van der Waals surface area contributed by atoms with Gasteiger partial charge in [-0.25, -0.2) is 12.8 Å². The molecule has 2 rings (SSSR count). The second-order valence-corrected chi connectivity index (χ2v) is 6.76. The van der Waals surface area contributed by atoms with Gasteiger partial charge in [0.25, 0.3) is 0 Å². The number of halogens is 1. The van der Waals surface area contributed by atoms with Crippen LogP contribution in [0.5, 0.6) is 0 Å². The van der Waals surface area contributed by atoms with Crippen LogP contribution in [0.3, 0.4) is 0 Å². The highest BCUT2D eigenvalue weighted by Crippen LogP contribution is 2.29. The van der Waals surface area contributed by atoms with E-state index in [-0.39, 0.29) is 23.5 Å². The molecule has 0 spiro atoms. The van der Waals surface area contributed by atoms with Crippen LogP contribution < -0.4 is 4.90 Å². The predicted molar refractivity (Wildman–Crippen MR) is 72.0 cm³/mol. The lowest BCUT2D eigenvalue weighted by molar-refractivity contribution is -0.148. The van der Waals surface area contributed by atoms with Gasteiger partial charge in [0.15, 0.2) is 9.84 Å². The van der Waals surface area contributed by atoms with Crippen LogP contribution in [-0.4, -0.2) is 40.2 Å². The summed E-state index contributed by atoms with van der Waals surface area (Å²) in [7, 11) is -2.34. The first-order valence-corrected chi connectivity index (χ1v) is 8.03. The van der Waals surface area contributed by atoms with Crippen molar-refractivity contribution in [1.29, 1.82) is 0 Å². The molecule has 1 unspecified atom stereocenters. The van der Waals surface area contributed by atoms with Gasteiger partial charge in [0.1, 0.15) is 11.7 Å². The summed E-state index contributed by atoms with van der Waals surface area (Å²) in [6, 6.07) is 3.32. The number of carbonyl (C=O) groups excluding carboxylic acids is 2. The van der Waals surface area contributed by atoms with E-state index in [0.29, 0.717) is 0 Å². The molecule has 8 heteroatoms. The summed E-state index contributed by atoms with van der Waals surface area (Å²) in [6.07, 6.45) is 1.20. The van der Waals surface area contributed by atoms with Crippen molar-refractivity contribution in [1.82, 2.24) is 0 Å². The van der Waals surface area contributed by atoms with Crippen LogP contribution in [-0.2, 0) is 24.2 Å². The molecular formula is C13H14FNO5S. The minimum Gasteiger partial charge on any atom is -0.468 e. The fraction of sp³-hybridized carbons (Fsp3) is 0.385. The van der Waals surface area contributed by atoms with Crippen LogP contribution in [0, 0.1) is 11.7 Å². The van der Waals surface area contributed by atoms with Gasteiger partial charge < -0.3 is 9.64 Å². The van der Waals surface area contributed by atoms with Gasteiger partial charge in [-0.3, -0.25) is 9.59 Å². The Morgan fingerprint density at radius 3 is 2.62 bits per heavy atom. The van der Waals surface area contributed by atoms with Crippen molar-refractivity contribution >= 4 is 27.4 Å². The zero-order valence-electron chi connectivity index (χ0n) is 11.5. The average Bonchev–Trinajstić information content (AvgIpc) is 2.78. The number of carbonyl (C=O) groups is 2. The van der Waals surface area contributed by atoms with Crippen molar-refractivity contribution in [2.45, 2.75) is 11.3 Å². The summed E-state index contributed by atoms with van der Waals surface area (Å²) in [6.45, 7) is 0.174. The van der Waals surface area contributed by atoms with Crippen LogP contribution in [0.15, 0.2) is 23.1 Å². The number of amides is 1. The van der Waals surface area contributed by atoms with E-state index in [0.717, 1.165) is 17.2 Å². The molecule has 0 bridgehead atoms. The second-order valence-electron chi connectivity index (χ2n) is 4.74. The highest BCUT2D eigenvalue weighted by Gasteiger charge is 2.39. The lowest BCUT2D eigenvalue weighted by Crippen LogP contribution is -2.31. The molecule has 0 radical (unpaired) electrons. The molecule has 0 aromatic heterocycles. The zero-order chi connectivity index (χ0) is 15.8. The molecule has 21 heavy (non-hydrogen) atoms. The topological polar surface area (TPSA) is 80.8 Å². The summed E-state index contributed by atoms with van der Waals surface area (Å²) in [5.74, 6) is -2.97. The zero-order valence-corrected chi connectivity index (χ0v) is 12.3. The number of sulfone groups is 1. The standard InChI is InChI=1S/C13H14FNO5S/c1-20-13(17)9-5-6-15(12(9)16)11-4-3-8(7-10(11)14)21(2,18)19/h3-4,7,9H,5-6H2,1-2H3. The minimum atomic E-state index is -3.52. The summed E-state index contributed by atoms with van der Waals surface area (Å²) >= 11 is 0. The first kappa shape index (κ1) is 15.4. The van der Waals surface area contributed by atoms with Crippen LogP contribution in [0.2, 0.25) is 0 Å². The van der Waals surface area contributed by atoms with E-state index in [1.807, 2.05) is 0 Å². The maximum Gasteiger partial charge on any atom is 0.318 e. The summed E-state index contributed by atoms with van der Waals surface area (Å²) in [5, 5.41) is 0. The third kappa shape index (κ3) is 2.90. The number of hydrogen-bond acceptors (Lipinski definition) is 5. The van der Waals surface area contributed by atoms with Gasteiger partial charge in [-0.1, -0.05) is 0 Å². The maximum absolute atomic E-state index is 14.0. The lowest BCUT2D eigenvalue weighted by Gasteiger charge is -2.17. The van der Waals surface area contributed by atoms with E-state index in [1.165, 1.54) is 19.2 Å². The maximum atomic E-state index is 14.0. The molecule has 114 valence electrons. The Kier molecular flexibility index (Phi) is 3.99. The van der Waals surface area contributed by atoms with Gasteiger partial charge in [-0.05, 0) is 24.6 Å². The van der Waals surface area contributed by atoms with E-state index in [9.17, 15) is 22.4 Å². The van der Waals surface area contributed by atoms with Gasteiger partial charge in [0.05, 0.1) is 17.7 Å². The predicted octanol–water partition coefficient (Wildman–Crippen LogP) is 0.755. The number of rotatable bonds is 3. The fourth-order valence-corrected chi connectivity index (χ4v) is 2.85. The first-order valence-electron chi connectivity index (χ1n) is 6.14. The molecule has 0 saturated carbocycles. The molecule has 1 heterocycles. The van der Waals surface area contributed by atoms with Gasteiger partial charge >= 0.3 is 5.97 Å². The largest absolute Gasteiger partial charge is 0.468 e. The SMILES string of the molecule is COC(=O)C1CCN(c2ccc(S(C)(=O)=O)cc2F)C1=O. The normalized spacial score (nSPS) is 18.9. The molecule has 1 aromatic rings. The molecular weight excluding hydrogens is 301 g/mol. The molecule has 1 aliphatic heterocycles. The Bertz CT molecular complexity index is 701. The first-order chi connectivity index (χ1) is 9.75. The van der Waals surface area contributed by atoms with Crippen LogP contribution in [0.25, 0.3) is 0 Å². The monoisotopic (exact) mass is 315 g/mol. The Morgan fingerprint density at radius 2 is 2.10 bits per heavy atom. The number of nitrogens with zero attached hydrogens (tertiary/aromatic N) is 1. The minimum absolute atomic E-state index is 0.0428. The molecule has 1 saturated heterocycles. The van der Waals surface area contributed by atoms with Crippen molar-refractivity contribution in [2.75, 3.05) is 24.8 Å². The Labute approximate surface area is 121 Å². The number of hydrogen-bond donors (Lipinski definition) is 0. The summed E-state index contributed by atoms with van der Waals surface area (Å²) < 4.78 is 41.3. The molecule has 1 aliphatic rings. The van der Waals surface area contributed by atoms with E-state index in [2.05, 4.69) is 4.74 Å². The van der Waals surface area contributed by atoms with Crippen molar-refractivity contribution in [3.8, 4) is 0 Å². The molecule has 0 N–H and O–H groups in total. The smallest absolute Gasteiger partial charge is 0.318 e. The lowest BCUT2D eigenvalue weighted by atomic mass is 10.1. The molecule has 0 aliphatic carbocycles. The molecule has 1 amide bonds. The van der Waals surface area contributed by atoms with Crippen molar-refractivity contribution < 1.29 is 27.1 Å². The molecule has 1 aromatic carbocycles. The fourth-order valence-electron chi connectivity index (χ4n) is 2.22. The Balaban J connectivity index is 2.32. The van der Waals surface area contributed by atoms with Gasteiger partial charge in [-0.15, -0.1) is 0 Å². The van der Waals surface area contributed by atoms with E-state index in [1.54, 1.807) is 0 Å². The van der Waals surface area contributed by atoms with Gasteiger partial charge in [0, 0.05) is 12.8 Å². The summed E-state index contributed by atoms with van der Waals surface area (Å²) in [5.41, 5.74) is -0.0428. The van der Waals surface area contributed by atoms with Crippen molar-refractivity contribution in [3.63, 3.8) is 0 Å². The quantitative estimate of drug-likeness (QED) is 0.607. The molecule has 6 nitrogen and oxygen atoms in total. The highest BCUT2D eigenvalue weighted by molar-refractivity contribution is 7.90. The van der Waals surface area contributed by atoms with E-state index >= 15 is 0 Å². The Hall–Kier alpha value is -1.96. The van der Waals surface area contributed by atoms with Crippen LogP contribution in [0.4, 0.5) is 10.1 Å². The highest BCUT2D eigenvalue weighted by atomic mass is 32.2. The van der Waals surface area contributed by atoms with Crippen molar-refractivity contribution in [3.05, 3.63) is 24.0 Å². The number of benzene rings is 1. The summed E-state index contributed by atoms with van der Waals surface area (Å²) in [4.78, 5) is 24.5. The van der Waals surface area contributed by atoms with Gasteiger partial charge in [-0.2, -0.15) is 0 Å². The molecule has 1 atom stereocenters.